The summed E-state index contributed by atoms with van der Waals surface area (Å²) in [7, 11) is 1.63. The average Bonchev–Trinajstić information content (AvgIpc) is 2.78. The summed E-state index contributed by atoms with van der Waals surface area (Å²) in [6, 6.07) is 7.37. The minimum atomic E-state index is 0.303. The van der Waals surface area contributed by atoms with Gasteiger partial charge in [0.25, 0.3) is 0 Å². The number of ether oxygens (including phenoxy) is 2. The number of oxazole rings is 1. The van der Waals surface area contributed by atoms with Crippen LogP contribution in [0.5, 0.6) is 11.5 Å². The normalized spacial score (nSPS) is 10.5. The Morgan fingerprint density at radius 2 is 1.89 bits per heavy atom. The number of methoxy groups -OCH3 is 1. The molecule has 102 valence electrons. The Labute approximate surface area is 112 Å². The molecule has 0 saturated carbocycles. The number of aryl methyl sites for hydroxylation is 1. The quantitative estimate of drug-likeness (QED) is 0.863. The van der Waals surface area contributed by atoms with E-state index in [-0.39, 0.29) is 0 Å². The zero-order chi connectivity index (χ0) is 13.7. The molecular formula is C14H18N2O3. The van der Waals surface area contributed by atoms with Crippen molar-refractivity contribution in [1.29, 1.82) is 0 Å². The Balaban J connectivity index is 1.95. The highest BCUT2D eigenvalue weighted by molar-refractivity contribution is 5.31. The van der Waals surface area contributed by atoms with Crippen LogP contribution in [0.25, 0.3) is 0 Å². The lowest BCUT2D eigenvalue weighted by atomic mass is 10.3. The summed E-state index contributed by atoms with van der Waals surface area (Å²) < 4.78 is 16.2. The molecule has 1 aromatic carbocycles. The summed E-state index contributed by atoms with van der Waals surface area (Å²) in [5.74, 6) is 2.91. The molecule has 0 saturated heterocycles. The second kappa shape index (κ2) is 6.24. The van der Waals surface area contributed by atoms with E-state index in [2.05, 4.69) is 4.98 Å². The second-order valence-electron chi connectivity index (χ2n) is 4.11. The second-order valence-corrected chi connectivity index (χ2v) is 4.11. The number of benzene rings is 1. The lowest BCUT2D eigenvalue weighted by Crippen LogP contribution is -2.04. The topological polar surface area (TPSA) is 70.5 Å². The molecule has 0 atom stereocenters. The highest BCUT2D eigenvalue weighted by atomic mass is 16.5. The highest BCUT2D eigenvalue weighted by Gasteiger charge is 2.09. The van der Waals surface area contributed by atoms with Gasteiger partial charge in [-0.3, -0.25) is 0 Å². The van der Waals surface area contributed by atoms with Crippen LogP contribution in [0.3, 0.4) is 0 Å². The largest absolute Gasteiger partial charge is 0.497 e. The first-order valence-corrected chi connectivity index (χ1v) is 6.15. The molecule has 5 heteroatoms. The van der Waals surface area contributed by atoms with Crippen LogP contribution < -0.4 is 15.2 Å². The van der Waals surface area contributed by atoms with E-state index in [4.69, 9.17) is 19.6 Å². The van der Waals surface area contributed by atoms with Crippen LogP contribution in [0.2, 0.25) is 0 Å². The number of hydrogen-bond acceptors (Lipinski definition) is 5. The minimum Gasteiger partial charge on any atom is -0.497 e. The summed E-state index contributed by atoms with van der Waals surface area (Å²) >= 11 is 0. The van der Waals surface area contributed by atoms with Crippen molar-refractivity contribution < 1.29 is 13.9 Å². The molecule has 0 aliphatic heterocycles. The van der Waals surface area contributed by atoms with Crippen molar-refractivity contribution in [3.05, 3.63) is 41.6 Å². The molecule has 0 fully saturated rings. The maximum absolute atomic E-state index is 5.59. The summed E-state index contributed by atoms with van der Waals surface area (Å²) in [6.45, 7) is 2.75. The molecule has 1 aromatic heterocycles. The van der Waals surface area contributed by atoms with Gasteiger partial charge in [0.15, 0.2) is 6.61 Å². The van der Waals surface area contributed by atoms with Gasteiger partial charge in [-0.1, -0.05) is 0 Å². The van der Waals surface area contributed by atoms with Crippen LogP contribution >= 0.6 is 0 Å². The number of nitrogens with two attached hydrogens (primary N) is 1. The Morgan fingerprint density at radius 1 is 1.21 bits per heavy atom. The first-order chi connectivity index (χ1) is 9.22. The molecule has 0 spiro atoms. The molecule has 0 radical (unpaired) electrons. The van der Waals surface area contributed by atoms with Gasteiger partial charge in [0.2, 0.25) is 5.89 Å². The van der Waals surface area contributed by atoms with E-state index in [9.17, 15) is 0 Å². The highest BCUT2D eigenvalue weighted by Crippen LogP contribution is 2.18. The monoisotopic (exact) mass is 262 g/mol. The standard InChI is InChI=1S/C14H18N2O3/c1-10-13(7-8-15)16-14(19-10)9-18-12-5-3-11(17-2)4-6-12/h3-6H,7-9,15H2,1-2H3. The average molecular weight is 262 g/mol. The van der Waals surface area contributed by atoms with Crippen molar-refractivity contribution in [2.45, 2.75) is 20.0 Å². The van der Waals surface area contributed by atoms with Crippen molar-refractivity contribution in [3.8, 4) is 11.5 Å². The van der Waals surface area contributed by atoms with Gasteiger partial charge in [-0.2, -0.15) is 0 Å². The fourth-order valence-electron chi connectivity index (χ4n) is 1.74. The number of aromatic nitrogens is 1. The Bertz CT molecular complexity index is 520. The molecule has 0 bridgehead atoms. The molecule has 2 N–H and O–H groups in total. The summed E-state index contributed by atoms with van der Waals surface area (Å²) in [4.78, 5) is 4.35. The molecule has 2 aromatic rings. The van der Waals surface area contributed by atoms with E-state index in [0.29, 0.717) is 19.0 Å². The predicted molar refractivity (Wildman–Crippen MR) is 71.3 cm³/mol. The predicted octanol–water partition coefficient (Wildman–Crippen LogP) is 2.07. The van der Waals surface area contributed by atoms with Crippen molar-refractivity contribution in [1.82, 2.24) is 4.98 Å². The van der Waals surface area contributed by atoms with Crippen LogP contribution in [-0.4, -0.2) is 18.6 Å². The third kappa shape index (κ3) is 3.48. The molecule has 19 heavy (non-hydrogen) atoms. The summed E-state index contributed by atoms with van der Waals surface area (Å²) in [5.41, 5.74) is 6.41. The maximum Gasteiger partial charge on any atom is 0.232 e. The van der Waals surface area contributed by atoms with Gasteiger partial charge in [-0.25, -0.2) is 4.98 Å². The van der Waals surface area contributed by atoms with E-state index in [1.54, 1.807) is 7.11 Å². The van der Waals surface area contributed by atoms with E-state index in [0.717, 1.165) is 29.4 Å². The maximum atomic E-state index is 5.59. The fourth-order valence-corrected chi connectivity index (χ4v) is 1.74. The third-order valence-corrected chi connectivity index (χ3v) is 2.74. The Hall–Kier alpha value is -2.01. The Kier molecular flexibility index (Phi) is 4.41. The summed E-state index contributed by atoms with van der Waals surface area (Å²) in [6.07, 6.45) is 0.720. The smallest absolute Gasteiger partial charge is 0.232 e. The number of hydrogen-bond donors (Lipinski definition) is 1. The van der Waals surface area contributed by atoms with Crippen LogP contribution in [-0.2, 0) is 13.0 Å². The van der Waals surface area contributed by atoms with Crippen LogP contribution in [0.4, 0.5) is 0 Å². The van der Waals surface area contributed by atoms with Crippen molar-refractivity contribution in [2.24, 2.45) is 5.73 Å². The van der Waals surface area contributed by atoms with E-state index in [1.165, 1.54) is 0 Å². The van der Waals surface area contributed by atoms with E-state index >= 15 is 0 Å². The van der Waals surface area contributed by atoms with Gasteiger partial charge in [-0.05, 0) is 37.7 Å². The van der Waals surface area contributed by atoms with Crippen LogP contribution in [0.1, 0.15) is 17.3 Å². The zero-order valence-electron chi connectivity index (χ0n) is 11.2. The molecule has 0 aliphatic rings. The zero-order valence-corrected chi connectivity index (χ0v) is 11.2. The SMILES string of the molecule is COc1ccc(OCc2nc(CCN)c(C)o2)cc1. The van der Waals surface area contributed by atoms with Gasteiger partial charge in [0.05, 0.1) is 12.8 Å². The molecule has 2 rings (SSSR count). The van der Waals surface area contributed by atoms with Gasteiger partial charge in [0, 0.05) is 6.42 Å². The number of rotatable bonds is 6. The van der Waals surface area contributed by atoms with Crippen LogP contribution in [0.15, 0.2) is 28.7 Å². The minimum absolute atomic E-state index is 0.303. The van der Waals surface area contributed by atoms with Crippen molar-refractivity contribution in [2.75, 3.05) is 13.7 Å². The van der Waals surface area contributed by atoms with Gasteiger partial charge in [0.1, 0.15) is 17.3 Å². The van der Waals surface area contributed by atoms with E-state index in [1.807, 2.05) is 31.2 Å². The van der Waals surface area contributed by atoms with Crippen LogP contribution in [0, 0.1) is 6.92 Å². The third-order valence-electron chi connectivity index (χ3n) is 2.74. The molecule has 0 aliphatic carbocycles. The molecule has 5 nitrogen and oxygen atoms in total. The van der Waals surface area contributed by atoms with Crippen molar-refractivity contribution >= 4 is 0 Å². The van der Waals surface area contributed by atoms with Gasteiger partial charge < -0.3 is 19.6 Å². The lowest BCUT2D eigenvalue weighted by Gasteiger charge is -2.04. The molecule has 0 amide bonds. The summed E-state index contributed by atoms with van der Waals surface area (Å²) in [5, 5.41) is 0. The van der Waals surface area contributed by atoms with Gasteiger partial charge in [-0.15, -0.1) is 0 Å². The van der Waals surface area contributed by atoms with E-state index < -0.39 is 0 Å². The molecular weight excluding hydrogens is 244 g/mol. The molecule has 1 heterocycles. The first kappa shape index (κ1) is 13.4. The van der Waals surface area contributed by atoms with Crippen molar-refractivity contribution in [3.63, 3.8) is 0 Å². The van der Waals surface area contributed by atoms with Gasteiger partial charge >= 0.3 is 0 Å². The Morgan fingerprint density at radius 3 is 2.53 bits per heavy atom. The first-order valence-electron chi connectivity index (χ1n) is 6.15. The molecule has 0 unspecified atom stereocenters. The lowest BCUT2D eigenvalue weighted by molar-refractivity contribution is 0.260. The fraction of sp³-hybridized carbons (Fsp3) is 0.357. The number of nitrogens with zero attached hydrogens (tertiary/aromatic N) is 1.